The standard InChI is InChI=1S/C13H14N2OS3/c1-3-17-12-14-15-13(19-12)18-8-11(16)10-6-4-9(2)5-7-10/h4-7H,3,8H2,1-2H3. The first-order valence-electron chi connectivity index (χ1n) is 5.88. The van der Waals surface area contributed by atoms with Crippen molar-refractivity contribution < 1.29 is 4.79 Å². The zero-order valence-corrected chi connectivity index (χ0v) is 13.2. The molecule has 0 radical (unpaired) electrons. The summed E-state index contributed by atoms with van der Waals surface area (Å²) in [7, 11) is 0. The van der Waals surface area contributed by atoms with Crippen LogP contribution in [-0.2, 0) is 0 Å². The summed E-state index contributed by atoms with van der Waals surface area (Å²) in [6.45, 7) is 4.09. The third kappa shape index (κ3) is 4.33. The highest BCUT2D eigenvalue weighted by molar-refractivity contribution is 8.03. The molecule has 0 amide bonds. The molecule has 0 fully saturated rings. The van der Waals surface area contributed by atoms with Crippen LogP contribution in [0.15, 0.2) is 32.9 Å². The first kappa shape index (κ1) is 14.6. The summed E-state index contributed by atoms with van der Waals surface area (Å²) >= 11 is 4.68. The zero-order valence-electron chi connectivity index (χ0n) is 10.8. The molecule has 1 aromatic carbocycles. The summed E-state index contributed by atoms with van der Waals surface area (Å²) in [6, 6.07) is 7.66. The van der Waals surface area contributed by atoms with Crippen LogP contribution in [0.1, 0.15) is 22.8 Å². The number of aromatic nitrogens is 2. The molecule has 0 aliphatic carbocycles. The van der Waals surface area contributed by atoms with Crippen LogP contribution in [0.25, 0.3) is 0 Å². The van der Waals surface area contributed by atoms with Crippen LogP contribution in [0.2, 0.25) is 0 Å². The monoisotopic (exact) mass is 310 g/mol. The van der Waals surface area contributed by atoms with Crippen molar-refractivity contribution in [1.29, 1.82) is 0 Å². The number of Topliss-reactive ketones (excluding diaryl/α,β-unsaturated/α-hetero) is 1. The Morgan fingerprint density at radius 2 is 1.79 bits per heavy atom. The number of carbonyl (C=O) groups is 1. The molecule has 0 aliphatic rings. The van der Waals surface area contributed by atoms with Gasteiger partial charge in [0.2, 0.25) is 0 Å². The summed E-state index contributed by atoms with van der Waals surface area (Å²) in [6.07, 6.45) is 0. The molecule has 6 heteroatoms. The van der Waals surface area contributed by atoms with Crippen LogP contribution in [0, 0.1) is 6.92 Å². The van der Waals surface area contributed by atoms with Gasteiger partial charge in [0, 0.05) is 5.56 Å². The van der Waals surface area contributed by atoms with Gasteiger partial charge in [0.05, 0.1) is 5.75 Å². The number of ketones is 1. The Morgan fingerprint density at radius 3 is 2.42 bits per heavy atom. The second kappa shape index (κ2) is 7.07. The lowest BCUT2D eigenvalue weighted by Gasteiger charge is -1.99. The Labute approximate surface area is 125 Å². The Bertz CT molecular complexity index is 551. The number of hydrogen-bond donors (Lipinski definition) is 0. The van der Waals surface area contributed by atoms with E-state index in [1.54, 1.807) is 23.1 Å². The van der Waals surface area contributed by atoms with Crippen molar-refractivity contribution in [2.45, 2.75) is 22.5 Å². The number of rotatable bonds is 6. The topological polar surface area (TPSA) is 42.9 Å². The molecule has 1 aromatic heterocycles. The van der Waals surface area contributed by atoms with Crippen LogP contribution >= 0.6 is 34.9 Å². The van der Waals surface area contributed by atoms with Crippen molar-refractivity contribution in [3.63, 3.8) is 0 Å². The van der Waals surface area contributed by atoms with E-state index in [1.807, 2.05) is 31.2 Å². The van der Waals surface area contributed by atoms with Gasteiger partial charge in [0.1, 0.15) is 0 Å². The number of carbonyl (C=O) groups excluding carboxylic acids is 1. The number of thioether (sulfide) groups is 2. The number of hydrogen-bond acceptors (Lipinski definition) is 6. The quantitative estimate of drug-likeness (QED) is 0.597. The predicted octanol–water partition coefficient (Wildman–Crippen LogP) is 3.93. The molecule has 19 heavy (non-hydrogen) atoms. The average molecular weight is 310 g/mol. The maximum absolute atomic E-state index is 12.0. The Hall–Kier alpha value is -0.850. The van der Waals surface area contributed by atoms with Gasteiger partial charge in [-0.05, 0) is 12.7 Å². The minimum Gasteiger partial charge on any atom is -0.293 e. The average Bonchev–Trinajstić information content (AvgIpc) is 2.85. The van der Waals surface area contributed by atoms with Crippen molar-refractivity contribution in [1.82, 2.24) is 10.2 Å². The maximum atomic E-state index is 12.0. The van der Waals surface area contributed by atoms with Gasteiger partial charge >= 0.3 is 0 Å². The van der Waals surface area contributed by atoms with Gasteiger partial charge in [-0.3, -0.25) is 4.79 Å². The Morgan fingerprint density at radius 1 is 1.16 bits per heavy atom. The highest BCUT2D eigenvalue weighted by Gasteiger charge is 2.09. The van der Waals surface area contributed by atoms with E-state index < -0.39 is 0 Å². The smallest absolute Gasteiger partial charge is 0.175 e. The molecule has 0 N–H and O–H groups in total. The van der Waals surface area contributed by atoms with Crippen molar-refractivity contribution in [2.75, 3.05) is 11.5 Å². The van der Waals surface area contributed by atoms with Crippen LogP contribution in [0.5, 0.6) is 0 Å². The van der Waals surface area contributed by atoms with E-state index in [1.165, 1.54) is 11.8 Å². The lowest BCUT2D eigenvalue weighted by Crippen LogP contribution is -2.01. The summed E-state index contributed by atoms with van der Waals surface area (Å²) in [5, 5.41) is 8.14. The number of nitrogens with zero attached hydrogens (tertiary/aromatic N) is 2. The third-order valence-electron chi connectivity index (χ3n) is 2.36. The second-order valence-electron chi connectivity index (χ2n) is 3.84. The molecule has 0 saturated carbocycles. The number of benzene rings is 1. The van der Waals surface area contributed by atoms with Crippen molar-refractivity contribution in [3.8, 4) is 0 Å². The maximum Gasteiger partial charge on any atom is 0.175 e. The highest BCUT2D eigenvalue weighted by atomic mass is 32.2. The minimum absolute atomic E-state index is 0.130. The zero-order chi connectivity index (χ0) is 13.7. The van der Waals surface area contributed by atoms with Crippen molar-refractivity contribution in [3.05, 3.63) is 35.4 Å². The summed E-state index contributed by atoms with van der Waals surface area (Å²) in [5.41, 5.74) is 1.92. The van der Waals surface area contributed by atoms with E-state index in [0.29, 0.717) is 5.75 Å². The molecule has 0 bridgehead atoms. The van der Waals surface area contributed by atoms with E-state index >= 15 is 0 Å². The van der Waals surface area contributed by atoms with Crippen molar-refractivity contribution >= 4 is 40.6 Å². The number of aryl methyl sites for hydroxylation is 1. The largest absolute Gasteiger partial charge is 0.293 e. The summed E-state index contributed by atoms with van der Waals surface area (Å²) in [4.78, 5) is 12.0. The lowest BCUT2D eigenvalue weighted by atomic mass is 10.1. The first-order chi connectivity index (χ1) is 9.19. The molecule has 0 aliphatic heterocycles. The van der Waals surface area contributed by atoms with E-state index in [0.717, 1.165) is 25.6 Å². The van der Waals surface area contributed by atoms with Crippen LogP contribution in [0.3, 0.4) is 0 Å². The molecule has 2 rings (SSSR count). The van der Waals surface area contributed by atoms with Gasteiger partial charge in [-0.15, -0.1) is 10.2 Å². The predicted molar refractivity (Wildman–Crippen MR) is 82.5 cm³/mol. The molecule has 3 nitrogen and oxygen atoms in total. The Kier molecular flexibility index (Phi) is 5.42. The molecule has 2 aromatic rings. The minimum atomic E-state index is 0.130. The molecule has 0 spiro atoms. The molecular weight excluding hydrogens is 296 g/mol. The normalized spacial score (nSPS) is 10.6. The fourth-order valence-electron chi connectivity index (χ4n) is 1.39. The van der Waals surface area contributed by atoms with E-state index in [2.05, 4.69) is 17.1 Å². The first-order valence-corrected chi connectivity index (χ1v) is 8.66. The van der Waals surface area contributed by atoms with Gasteiger partial charge < -0.3 is 0 Å². The van der Waals surface area contributed by atoms with E-state index in [-0.39, 0.29) is 5.78 Å². The fourth-order valence-corrected chi connectivity index (χ4v) is 4.20. The molecule has 0 saturated heterocycles. The SMILES string of the molecule is CCSc1nnc(SCC(=O)c2ccc(C)cc2)s1. The van der Waals surface area contributed by atoms with Gasteiger partial charge in [-0.2, -0.15) is 0 Å². The lowest BCUT2D eigenvalue weighted by molar-refractivity contribution is 0.102. The molecule has 0 unspecified atom stereocenters. The third-order valence-corrected chi connectivity index (χ3v) is 5.43. The van der Waals surface area contributed by atoms with Gasteiger partial charge in [-0.1, -0.05) is 71.6 Å². The fraction of sp³-hybridized carbons (Fsp3) is 0.308. The van der Waals surface area contributed by atoms with Crippen LogP contribution < -0.4 is 0 Å². The summed E-state index contributed by atoms with van der Waals surface area (Å²) in [5.74, 6) is 1.53. The highest BCUT2D eigenvalue weighted by Crippen LogP contribution is 2.28. The molecule has 1 heterocycles. The van der Waals surface area contributed by atoms with Gasteiger partial charge in [0.15, 0.2) is 14.5 Å². The molecule has 100 valence electrons. The van der Waals surface area contributed by atoms with E-state index in [9.17, 15) is 4.79 Å². The van der Waals surface area contributed by atoms with Gasteiger partial charge in [-0.25, -0.2) is 0 Å². The van der Waals surface area contributed by atoms with Crippen LogP contribution in [0.4, 0.5) is 0 Å². The molecule has 0 atom stereocenters. The van der Waals surface area contributed by atoms with Gasteiger partial charge in [0.25, 0.3) is 0 Å². The second-order valence-corrected chi connectivity index (χ2v) is 7.56. The summed E-state index contributed by atoms with van der Waals surface area (Å²) < 4.78 is 1.82. The Balaban J connectivity index is 1.90. The van der Waals surface area contributed by atoms with E-state index in [4.69, 9.17) is 0 Å². The molecular formula is C13H14N2OS3. The van der Waals surface area contributed by atoms with Crippen LogP contribution in [-0.4, -0.2) is 27.5 Å². The van der Waals surface area contributed by atoms with Crippen molar-refractivity contribution in [2.24, 2.45) is 0 Å².